The van der Waals surface area contributed by atoms with E-state index in [0.29, 0.717) is 30.1 Å². The highest BCUT2D eigenvalue weighted by Crippen LogP contribution is 2.36. The lowest BCUT2D eigenvalue weighted by atomic mass is 10.1. The fourth-order valence-corrected chi connectivity index (χ4v) is 5.14. The molecule has 11 heteroatoms. The van der Waals surface area contributed by atoms with Gasteiger partial charge in [0.1, 0.15) is 17.7 Å². The second-order valence-corrected chi connectivity index (χ2v) is 8.70. The van der Waals surface area contributed by atoms with Crippen LogP contribution in [0.3, 0.4) is 0 Å². The number of nitrogens with one attached hydrogen (secondary N) is 1. The smallest absolute Gasteiger partial charge is 0.279 e. The monoisotopic (exact) mass is 438 g/mol. The maximum Gasteiger partial charge on any atom is 0.279 e. The van der Waals surface area contributed by atoms with Crippen molar-refractivity contribution in [2.24, 2.45) is 0 Å². The summed E-state index contributed by atoms with van der Waals surface area (Å²) in [5.41, 5.74) is 0.565. The molecule has 0 bridgehead atoms. The van der Waals surface area contributed by atoms with E-state index in [-0.39, 0.29) is 26.0 Å². The van der Waals surface area contributed by atoms with Crippen LogP contribution in [0.15, 0.2) is 41.3 Å². The first kappa shape index (κ1) is 20.4. The minimum absolute atomic E-state index is 0.133. The molecule has 2 aliphatic rings. The van der Waals surface area contributed by atoms with Gasteiger partial charge in [-0.1, -0.05) is 6.07 Å². The van der Waals surface area contributed by atoms with Crippen LogP contribution in [0, 0.1) is 5.82 Å². The molecule has 2 aromatic carbocycles. The molecule has 0 radical (unpaired) electrons. The Hall–Kier alpha value is -2.89. The average Bonchev–Trinajstić information content (AvgIpc) is 3.21. The zero-order chi connectivity index (χ0) is 21.3. The third kappa shape index (κ3) is 3.78. The highest BCUT2D eigenvalue weighted by Gasteiger charge is 2.34. The van der Waals surface area contributed by atoms with Crippen molar-refractivity contribution in [3.05, 3.63) is 47.8 Å². The molecule has 2 aromatic rings. The maximum atomic E-state index is 14.1. The third-order valence-electron chi connectivity index (χ3n) is 4.97. The molecule has 1 amide bonds. The first-order valence-corrected chi connectivity index (χ1v) is 10.6. The quantitative estimate of drug-likeness (QED) is 0.541. The van der Waals surface area contributed by atoms with E-state index >= 15 is 0 Å². The van der Waals surface area contributed by atoms with Gasteiger partial charge >= 0.3 is 0 Å². The van der Waals surface area contributed by atoms with Gasteiger partial charge in [-0.2, -0.15) is 4.31 Å². The number of carbonyl (C=O) groups excluding carboxylic acids is 1. The van der Waals surface area contributed by atoms with E-state index in [4.69, 9.17) is 19.4 Å². The summed E-state index contributed by atoms with van der Waals surface area (Å²) in [6, 6.07) is 8.51. The fourth-order valence-electron chi connectivity index (χ4n) is 3.47. The van der Waals surface area contributed by atoms with Gasteiger partial charge in [-0.25, -0.2) is 18.3 Å². The van der Waals surface area contributed by atoms with E-state index in [9.17, 15) is 17.6 Å². The molecule has 0 aromatic heterocycles. The molecule has 0 aliphatic carbocycles. The van der Waals surface area contributed by atoms with Crippen LogP contribution in [0.1, 0.15) is 23.2 Å². The molecule has 30 heavy (non-hydrogen) atoms. The third-order valence-corrected chi connectivity index (χ3v) is 6.91. The van der Waals surface area contributed by atoms with Crippen LogP contribution in [-0.4, -0.2) is 49.8 Å². The minimum atomic E-state index is -4.15. The number of piperidine rings is 1. The van der Waals surface area contributed by atoms with Gasteiger partial charge in [0.25, 0.3) is 5.91 Å². The summed E-state index contributed by atoms with van der Waals surface area (Å²) in [5, 5.41) is 8.84. The fraction of sp³-hybridized carbons (Fsp3) is 0.316. The van der Waals surface area contributed by atoms with Gasteiger partial charge in [-0.15, -0.1) is 0 Å². The average molecular weight is 438 g/mol. The molecule has 2 N–H and O–H groups in total. The van der Waals surface area contributed by atoms with E-state index in [1.54, 1.807) is 18.2 Å². The molecule has 4 rings (SSSR count). The van der Waals surface area contributed by atoms with Crippen molar-refractivity contribution in [3.63, 3.8) is 0 Å². The molecular weight excluding hydrogens is 419 g/mol. The molecule has 0 atom stereocenters. The van der Waals surface area contributed by atoms with Crippen LogP contribution in [0.4, 0.5) is 4.39 Å². The number of nitrogens with zero attached hydrogens (tertiary/aromatic N) is 1. The van der Waals surface area contributed by atoms with E-state index in [1.807, 2.05) is 0 Å². The number of halogens is 1. The van der Waals surface area contributed by atoms with Crippen LogP contribution >= 0.6 is 0 Å². The van der Waals surface area contributed by atoms with Gasteiger partial charge in [0.2, 0.25) is 16.8 Å². The number of hydroxylamine groups is 1. The second-order valence-electron chi connectivity index (χ2n) is 6.79. The normalized spacial score (nSPS) is 17.0. The van der Waals surface area contributed by atoms with E-state index < -0.39 is 32.2 Å². The summed E-state index contributed by atoms with van der Waals surface area (Å²) in [6.07, 6.45) is 0.597. The lowest BCUT2D eigenvalue weighted by molar-refractivity contribution is 0.0697. The molecule has 0 saturated carbocycles. The summed E-state index contributed by atoms with van der Waals surface area (Å²) in [4.78, 5) is 11.3. The van der Waals surface area contributed by atoms with Crippen molar-refractivity contribution in [2.75, 3.05) is 19.9 Å². The van der Waals surface area contributed by atoms with E-state index in [0.717, 1.165) is 12.1 Å². The van der Waals surface area contributed by atoms with Crippen molar-refractivity contribution in [1.29, 1.82) is 0 Å². The first-order chi connectivity index (χ1) is 14.4. The van der Waals surface area contributed by atoms with Gasteiger partial charge in [0, 0.05) is 19.2 Å². The number of fused-ring (bicyclic) bond motifs is 1. The Morgan fingerprint density at radius 1 is 1.17 bits per heavy atom. The summed E-state index contributed by atoms with van der Waals surface area (Å²) in [6.45, 7) is 0.425. The molecule has 2 heterocycles. The number of sulfonamides is 1. The number of benzene rings is 2. The summed E-state index contributed by atoms with van der Waals surface area (Å²) < 4.78 is 57.8. The van der Waals surface area contributed by atoms with Crippen LogP contribution in [0.25, 0.3) is 0 Å². The summed E-state index contributed by atoms with van der Waals surface area (Å²) in [5.74, 6) is -0.446. The lowest BCUT2D eigenvalue weighted by Crippen LogP contribution is -2.42. The second kappa shape index (κ2) is 8.09. The molecule has 2 aliphatic heterocycles. The van der Waals surface area contributed by atoms with Crippen molar-refractivity contribution in [3.8, 4) is 17.2 Å². The van der Waals surface area contributed by atoms with Gasteiger partial charge < -0.3 is 14.2 Å². The number of amides is 1. The molecule has 9 nitrogen and oxygen atoms in total. The van der Waals surface area contributed by atoms with Crippen LogP contribution in [0.5, 0.6) is 17.2 Å². The number of rotatable bonds is 5. The Morgan fingerprint density at radius 2 is 1.90 bits per heavy atom. The number of hydrogen-bond acceptors (Lipinski definition) is 7. The zero-order valence-corrected chi connectivity index (χ0v) is 16.5. The lowest BCUT2D eigenvalue weighted by Gasteiger charge is -2.31. The largest absolute Gasteiger partial charge is 0.490 e. The number of ether oxygens (including phenoxy) is 3. The zero-order valence-electron chi connectivity index (χ0n) is 15.7. The molecule has 0 unspecified atom stereocenters. The van der Waals surface area contributed by atoms with Crippen molar-refractivity contribution in [2.45, 2.75) is 23.8 Å². The van der Waals surface area contributed by atoms with Gasteiger partial charge in [0.15, 0.2) is 11.5 Å². The van der Waals surface area contributed by atoms with Crippen LogP contribution in [-0.2, 0) is 10.0 Å². The Labute approximate surface area is 172 Å². The Balaban J connectivity index is 1.46. The summed E-state index contributed by atoms with van der Waals surface area (Å²) >= 11 is 0. The van der Waals surface area contributed by atoms with Crippen LogP contribution < -0.4 is 19.7 Å². The SMILES string of the molecule is O=C(NO)c1c(F)cccc1S(=O)(=O)N1CCC(Oc2ccc3c(c2)OCO3)CC1. The summed E-state index contributed by atoms with van der Waals surface area (Å²) in [7, 11) is -4.15. The number of carbonyl (C=O) groups is 1. The molecule has 0 spiro atoms. The molecule has 1 fully saturated rings. The predicted octanol–water partition coefficient (Wildman–Crippen LogP) is 1.91. The first-order valence-electron chi connectivity index (χ1n) is 9.19. The van der Waals surface area contributed by atoms with Crippen molar-refractivity contribution < 1.29 is 37.0 Å². The standard InChI is InChI=1S/C19H19FN2O7S/c20-14-2-1-3-17(18(14)19(23)21-24)30(25,26)22-8-6-12(7-9-22)29-13-4-5-15-16(10-13)28-11-27-15/h1-5,10,12,24H,6-9,11H2,(H,21,23). The Morgan fingerprint density at radius 3 is 2.63 bits per heavy atom. The van der Waals surface area contributed by atoms with Gasteiger partial charge in [-0.05, 0) is 37.1 Å². The van der Waals surface area contributed by atoms with E-state index in [1.165, 1.54) is 15.9 Å². The Bertz CT molecular complexity index is 1070. The molecule has 160 valence electrons. The van der Waals surface area contributed by atoms with Gasteiger partial charge in [0.05, 0.1) is 10.5 Å². The molecule has 1 saturated heterocycles. The maximum absolute atomic E-state index is 14.1. The predicted molar refractivity (Wildman–Crippen MR) is 101 cm³/mol. The molecular formula is C19H19FN2O7S. The van der Waals surface area contributed by atoms with Crippen molar-refractivity contribution >= 4 is 15.9 Å². The minimum Gasteiger partial charge on any atom is -0.490 e. The number of hydrogen-bond donors (Lipinski definition) is 2. The Kier molecular flexibility index (Phi) is 5.50. The van der Waals surface area contributed by atoms with Crippen molar-refractivity contribution in [1.82, 2.24) is 9.79 Å². The van der Waals surface area contributed by atoms with Crippen LogP contribution in [0.2, 0.25) is 0 Å². The van der Waals surface area contributed by atoms with E-state index in [2.05, 4.69) is 0 Å². The van der Waals surface area contributed by atoms with Gasteiger partial charge in [-0.3, -0.25) is 10.0 Å². The topological polar surface area (TPSA) is 114 Å². The highest BCUT2D eigenvalue weighted by atomic mass is 32.2. The highest BCUT2D eigenvalue weighted by molar-refractivity contribution is 7.89.